The monoisotopic (exact) mass is 352 g/mol. The summed E-state index contributed by atoms with van der Waals surface area (Å²) >= 11 is 5.87. The summed E-state index contributed by atoms with van der Waals surface area (Å²) in [5, 5.41) is 15.7. The predicted octanol–water partition coefficient (Wildman–Crippen LogP) is 1.43. The number of rotatable bonds is 4. The molecule has 8 heteroatoms. The third-order valence-electron chi connectivity index (χ3n) is 3.40. The van der Waals surface area contributed by atoms with Crippen LogP contribution in [0.15, 0.2) is 18.2 Å². The number of ether oxygens (including phenoxy) is 1. The molecule has 1 unspecified atom stereocenters. The molecule has 124 valence electrons. The number of hydrogen-bond donors (Lipinski definition) is 3. The molecule has 1 aliphatic rings. The van der Waals surface area contributed by atoms with E-state index in [1.165, 1.54) is 18.2 Å². The predicted molar refractivity (Wildman–Crippen MR) is 83.8 cm³/mol. The molecule has 1 amide bonds. The summed E-state index contributed by atoms with van der Waals surface area (Å²) in [6.07, 6.45) is -1.46. The van der Waals surface area contributed by atoms with Gasteiger partial charge in [-0.2, -0.15) is 0 Å². The summed E-state index contributed by atoms with van der Waals surface area (Å²) < 4.78 is 19.0. The summed E-state index contributed by atoms with van der Waals surface area (Å²) in [7, 11) is 0. The molecule has 1 heterocycles. The number of hydrogen-bond acceptors (Lipinski definition) is 4. The van der Waals surface area contributed by atoms with E-state index in [9.17, 15) is 14.3 Å². The van der Waals surface area contributed by atoms with Crippen molar-refractivity contribution in [1.29, 1.82) is 0 Å². The van der Waals surface area contributed by atoms with Gasteiger partial charge in [0.25, 0.3) is 0 Å². The number of morpholine rings is 1. The average Bonchev–Trinajstić information content (AvgIpc) is 2.45. The minimum absolute atomic E-state index is 0. The summed E-state index contributed by atoms with van der Waals surface area (Å²) in [4.78, 5) is 12.0. The number of aliphatic hydroxyl groups is 1. The molecular formula is C14H19Cl2FN2O3. The molecule has 1 saturated heterocycles. The van der Waals surface area contributed by atoms with Crippen molar-refractivity contribution >= 4 is 29.9 Å². The maximum Gasteiger partial charge on any atom is 0.239 e. The molecule has 0 saturated carbocycles. The Kier molecular flexibility index (Phi) is 7.52. The van der Waals surface area contributed by atoms with E-state index in [0.29, 0.717) is 13.2 Å². The molecule has 5 nitrogen and oxygen atoms in total. The van der Waals surface area contributed by atoms with Gasteiger partial charge < -0.3 is 20.5 Å². The molecule has 1 aromatic rings. The van der Waals surface area contributed by atoms with E-state index >= 15 is 0 Å². The summed E-state index contributed by atoms with van der Waals surface area (Å²) in [5.41, 5.74) is -0.0135. The maximum atomic E-state index is 13.7. The van der Waals surface area contributed by atoms with Crippen LogP contribution in [-0.2, 0) is 9.53 Å². The molecule has 0 aromatic heterocycles. The topological polar surface area (TPSA) is 70.6 Å². The van der Waals surface area contributed by atoms with E-state index in [1.54, 1.807) is 6.92 Å². The standard InChI is InChI=1S/C14H18ClFN2O3.ClH/c1-8-13(17-5-6-21-8)14(20)18-7-11(19)12-9(15)3-2-4-10(12)16;/h2-4,8,11,13,17,19H,5-7H2,1H3,(H,18,20);1H/t8-,11?,13+;/m1./s1. The van der Waals surface area contributed by atoms with Crippen molar-refractivity contribution < 1.29 is 19.0 Å². The Morgan fingerprint density at radius 2 is 2.36 bits per heavy atom. The van der Waals surface area contributed by atoms with Gasteiger partial charge in [0, 0.05) is 23.7 Å². The molecule has 1 aromatic carbocycles. The molecule has 1 fully saturated rings. The van der Waals surface area contributed by atoms with Crippen LogP contribution in [0.1, 0.15) is 18.6 Å². The maximum absolute atomic E-state index is 13.7. The van der Waals surface area contributed by atoms with Gasteiger partial charge in [-0.1, -0.05) is 17.7 Å². The number of benzene rings is 1. The number of carbonyl (C=O) groups excluding carboxylic acids is 1. The smallest absolute Gasteiger partial charge is 0.239 e. The largest absolute Gasteiger partial charge is 0.386 e. The highest BCUT2D eigenvalue weighted by atomic mass is 35.5. The number of amides is 1. The Bertz CT molecular complexity index is 499. The van der Waals surface area contributed by atoms with Crippen LogP contribution in [0.25, 0.3) is 0 Å². The molecule has 3 N–H and O–H groups in total. The van der Waals surface area contributed by atoms with E-state index in [1.807, 2.05) is 0 Å². The minimum Gasteiger partial charge on any atom is -0.386 e. The Morgan fingerprint density at radius 3 is 3.00 bits per heavy atom. The van der Waals surface area contributed by atoms with Gasteiger partial charge in [-0.25, -0.2) is 4.39 Å². The SMILES string of the molecule is C[C@H]1OCCN[C@@H]1C(=O)NCC(O)c1c(F)cccc1Cl.Cl. The molecule has 1 aliphatic heterocycles. The molecule has 22 heavy (non-hydrogen) atoms. The summed E-state index contributed by atoms with van der Waals surface area (Å²) in [5.74, 6) is -0.898. The highest BCUT2D eigenvalue weighted by Crippen LogP contribution is 2.25. The number of nitrogens with one attached hydrogen (secondary N) is 2. The van der Waals surface area contributed by atoms with Gasteiger partial charge in [-0.05, 0) is 19.1 Å². The van der Waals surface area contributed by atoms with E-state index in [-0.39, 0.29) is 41.5 Å². The van der Waals surface area contributed by atoms with Crippen LogP contribution in [0.2, 0.25) is 5.02 Å². The molecule has 0 radical (unpaired) electrons. The second-order valence-corrected chi connectivity index (χ2v) is 5.31. The first-order valence-electron chi connectivity index (χ1n) is 6.75. The minimum atomic E-state index is -1.21. The normalized spacial score (nSPS) is 22.5. The molecule has 3 atom stereocenters. The van der Waals surface area contributed by atoms with Gasteiger partial charge >= 0.3 is 0 Å². The van der Waals surface area contributed by atoms with Crippen molar-refractivity contribution in [2.24, 2.45) is 0 Å². The van der Waals surface area contributed by atoms with Crippen LogP contribution in [0, 0.1) is 5.82 Å². The third-order valence-corrected chi connectivity index (χ3v) is 3.73. The number of halogens is 3. The molecule has 0 spiro atoms. The summed E-state index contributed by atoms with van der Waals surface area (Å²) in [6.45, 7) is 2.81. The van der Waals surface area contributed by atoms with E-state index in [4.69, 9.17) is 16.3 Å². The number of aliphatic hydroxyl groups excluding tert-OH is 1. The van der Waals surface area contributed by atoms with Crippen molar-refractivity contribution in [2.45, 2.75) is 25.2 Å². The average molecular weight is 353 g/mol. The fourth-order valence-corrected chi connectivity index (χ4v) is 2.55. The van der Waals surface area contributed by atoms with Gasteiger partial charge in [0.1, 0.15) is 18.0 Å². The Balaban J connectivity index is 0.00000242. The van der Waals surface area contributed by atoms with Crippen molar-refractivity contribution in [3.63, 3.8) is 0 Å². The van der Waals surface area contributed by atoms with Crippen molar-refractivity contribution in [3.8, 4) is 0 Å². The van der Waals surface area contributed by atoms with Crippen molar-refractivity contribution in [3.05, 3.63) is 34.6 Å². The van der Waals surface area contributed by atoms with E-state index in [2.05, 4.69) is 10.6 Å². The second-order valence-electron chi connectivity index (χ2n) is 4.90. The molecule has 2 rings (SSSR count). The van der Waals surface area contributed by atoms with Crippen LogP contribution in [0.4, 0.5) is 4.39 Å². The van der Waals surface area contributed by atoms with Gasteiger partial charge in [0.05, 0.1) is 12.7 Å². The van der Waals surface area contributed by atoms with Gasteiger partial charge in [0.2, 0.25) is 5.91 Å². The lowest BCUT2D eigenvalue weighted by atomic mass is 10.1. The zero-order valence-corrected chi connectivity index (χ0v) is 13.6. The first-order valence-corrected chi connectivity index (χ1v) is 7.13. The quantitative estimate of drug-likeness (QED) is 0.766. The van der Waals surface area contributed by atoms with Crippen LogP contribution >= 0.6 is 24.0 Å². The fraction of sp³-hybridized carbons (Fsp3) is 0.500. The lowest BCUT2D eigenvalue weighted by molar-refractivity contribution is -0.129. The van der Waals surface area contributed by atoms with Crippen molar-refractivity contribution in [2.75, 3.05) is 19.7 Å². The van der Waals surface area contributed by atoms with Crippen LogP contribution in [0.5, 0.6) is 0 Å². The van der Waals surface area contributed by atoms with Crippen molar-refractivity contribution in [1.82, 2.24) is 10.6 Å². The zero-order valence-electron chi connectivity index (χ0n) is 12.0. The van der Waals surface area contributed by atoms with Crippen LogP contribution < -0.4 is 10.6 Å². The zero-order chi connectivity index (χ0) is 15.4. The summed E-state index contributed by atoms with van der Waals surface area (Å²) in [6, 6.07) is 3.67. The van der Waals surface area contributed by atoms with Gasteiger partial charge in [-0.15, -0.1) is 12.4 Å². The van der Waals surface area contributed by atoms with Crippen LogP contribution in [0.3, 0.4) is 0 Å². The van der Waals surface area contributed by atoms with Gasteiger partial charge in [0.15, 0.2) is 0 Å². The molecular weight excluding hydrogens is 334 g/mol. The highest BCUT2D eigenvalue weighted by Gasteiger charge is 2.28. The fourth-order valence-electron chi connectivity index (χ4n) is 2.27. The first-order chi connectivity index (χ1) is 10.0. The molecule has 0 aliphatic carbocycles. The Morgan fingerprint density at radius 1 is 1.64 bits per heavy atom. The third kappa shape index (κ3) is 4.54. The lowest BCUT2D eigenvalue weighted by Crippen LogP contribution is -2.55. The first kappa shape index (κ1) is 19.1. The number of carbonyl (C=O) groups is 1. The Labute approximate surface area is 139 Å². The van der Waals surface area contributed by atoms with E-state index in [0.717, 1.165) is 0 Å². The molecule has 0 bridgehead atoms. The highest BCUT2D eigenvalue weighted by molar-refractivity contribution is 6.31. The van der Waals surface area contributed by atoms with Crippen LogP contribution in [-0.4, -0.2) is 42.9 Å². The Hall–Kier alpha value is -0.920. The van der Waals surface area contributed by atoms with E-state index < -0.39 is 18.0 Å². The van der Waals surface area contributed by atoms with Gasteiger partial charge in [-0.3, -0.25) is 4.79 Å². The lowest BCUT2D eigenvalue weighted by Gasteiger charge is -2.29. The second kappa shape index (κ2) is 8.64.